The number of nitrogens with two attached hydrogens (primary N) is 1. The Kier molecular flexibility index (Phi) is 3.41. The van der Waals surface area contributed by atoms with Crippen molar-refractivity contribution >= 4 is 0 Å². The van der Waals surface area contributed by atoms with Gasteiger partial charge in [0.25, 0.3) is 0 Å². The minimum absolute atomic E-state index is 0.307. The monoisotopic (exact) mass is 209 g/mol. The van der Waals surface area contributed by atoms with Crippen molar-refractivity contribution < 1.29 is 4.74 Å². The van der Waals surface area contributed by atoms with Gasteiger partial charge in [0.2, 0.25) is 0 Å². The molecule has 4 heteroatoms. The molecule has 2 heterocycles. The van der Waals surface area contributed by atoms with E-state index < -0.39 is 0 Å². The van der Waals surface area contributed by atoms with Gasteiger partial charge in [0, 0.05) is 38.6 Å². The third kappa shape index (κ3) is 2.81. The maximum absolute atomic E-state index is 5.70. The molecule has 0 radical (unpaired) electrons. The molecule has 2 rings (SSSR count). The number of morpholine rings is 1. The largest absolute Gasteiger partial charge is 0.374 e. The molecule has 84 valence electrons. The molecule has 1 saturated heterocycles. The number of hydrogen-bond acceptors (Lipinski definition) is 3. The first-order chi connectivity index (χ1) is 7.28. The van der Waals surface area contributed by atoms with Crippen LogP contribution in [0.15, 0.2) is 18.5 Å². The second-order valence-corrected chi connectivity index (χ2v) is 4.18. The molecule has 1 fully saturated rings. The number of likely N-dealkylation sites (N-methyl/N-ethyl adjacent to an activating group) is 1. The van der Waals surface area contributed by atoms with Crippen LogP contribution in [0.5, 0.6) is 0 Å². The summed E-state index contributed by atoms with van der Waals surface area (Å²) in [5, 5.41) is 0. The Bertz CT molecular complexity index is 311. The molecule has 2 N–H and O–H groups in total. The number of hydrogen-bond donors (Lipinski definition) is 1. The summed E-state index contributed by atoms with van der Waals surface area (Å²) in [4.78, 5) is 2.31. The first-order valence-electron chi connectivity index (χ1n) is 5.43. The van der Waals surface area contributed by atoms with Gasteiger partial charge >= 0.3 is 0 Å². The average Bonchev–Trinajstić information content (AvgIpc) is 2.65. The molecule has 1 aromatic rings. The number of rotatable bonds is 3. The van der Waals surface area contributed by atoms with Gasteiger partial charge in [-0.05, 0) is 18.7 Å². The van der Waals surface area contributed by atoms with E-state index in [4.69, 9.17) is 10.5 Å². The van der Waals surface area contributed by atoms with Gasteiger partial charge in [-0.3, -0.25) is 0 Å². The van der Waals surface area contributed by atoms with Gasteiger partial charge in [0.05, 0.1) is 12.7 Å². The highest BCUT2D eigenvalue weighted by Crippen LogP contribution is 2.07. The van der Waals surface area contributed by atoms with Gasteiger partial charge < -0.3 is 19.9 Å². The van der Waals surface area contributed by atoms with E-state index in [0.717, 1.165) is 26.2 Å². The van der Waals surface area contributed by atoms with Crippen LogP contribution in [-0.4, -0.2) is 42.3 Å². The lowest BCUT2D eigenvalue weighted by molar-refractivity contribution is -0.0274. The quantitative estimate of drug-likeness (QED) is 0.777. The molecular weight excluding hydrogens is 190 g/mol. The Morgan fingerprint density at radius 3 is 3.13 bits per heavy atom. The fraction of sp³-hybridized carbons (Fsp3) is 0.636. The highest BCUT2D eigenvalue weighted by Gasteiger charge is 2.17. The summed E-state index contributed by atoms with van der Waals surface area (Å²) in [5.41, 5.74) is 6.75. The predicted octanol–water partition coefficient (Wildman–Crippen LogP) is 0.277. The SMILES string of the molecule is CN1CCOC(Cn2ccc(CN)c2)C1. The van der Waals surface area contributed by atoms with Gasteiger partial charge in [-0.15, -0.1) is 0 Å². The maximum Gasteiger partial charge on any atom is 0.0880 e. The van der Waals surface area contributed by atoms with Crippen molar-refractivity contribution in [3.05, 3.63) is 24.0 Å². The van der Waals surface area contributed by atoms with Crippen LogP contribution in [0.4, 0.5) is 0 Å². The zero-order valence-corrected chi connectivity index (χ0v) is 9.22. The smallest absolute Gasteiger partial charge is 0.0880 e. The van der Waals surface area contributed by atoms with E-state index >= 15 is 0 Å². The van der Waals surface area contributed by atoms with E-state index in [1.807, 2.05) is 0 Å². The van der Waals surface area contributed by atoms with Crippen LogP contribution in [-0.2, 0) is 17.8 Å². The Labute approximate surface area is 90.6 Å². The molecule has 0 spiro atoms. The van der Waals surface area contributed by atoms with E-state index in [1.165, 1.54) is 5.56 Å². The van der Waals surface area contributed by atoms with Crippen LogP contribution < -0.4 is 5.73 Å². The van der Waals surface area contributed by atoms with Crippen LogP contribution in [0, 0.1) is 0 Å². The summed E-state index contributed by atoms with van der Waals surface area (Å²) in [6.07, 6.45) is 4.47. The molecule has 1 unspecified atom stereocenters. The van der Waals surface area contributed by atoms with Crippen molar-refractivity contribution in [3.8, 4) is 0 Å². The molecule has 1 aliphatic heterocycles. The van der Waals surface area contributed by atoms with E-state index in [9.17, 15) is 0 Å². The van der Waals surface area contributed by atoms with E-state index in [2.05, 4.69) is 35.0 Å². The molecule has 0 amide bonds. The molecule has 1 aliphatic rings. The second kappa shape index (κ2) is 4.79. The van der Waals surface area contributed by atoms with Crippen LogP contribution in [0.1, 0.15) is 5.56 Å². The van der Waals surface area contributed by atoms with Crippen molar-refractivity contribution in [1.82, 2.24) is 9.47 Å². The lowest BCUT2D eigenvalue weighted by Gasteiger charge is -2.30. The van der Waals surface area contributed by atoms with Crippen LogP contribution in [0.2, 0.25) is 0 Å². The number of nitrogens with zero attached hydrogens (tertiary/aromatic N) is 2. The van der Waals surface area contributed by atoms with E-state index in [1.54, 1.807) is 0 Å². The number of aromatic nitrogens is 1. The zero-order chi connectivity index (χ0) is 10.7. The molecule has 1 aromatic heterocycles. The van der Waals surface area contributed by atoms with E-state index in [0.29, 0.717) is 12.6 Å². The molecular formula is C11H19N3O. The lowest BCUT2D eigenvalue weighted by atomic mass is 10.3. The normalized spacial score (nSPS) is 23.2. The Morgan fingerprint density at radius 1 is 1.60 bits per heavy atom. The van der Waals surface area contributed by atoms with Crippen molar-refractivity contribution in [1.29, 1.82) is 0 Å². The fourth-order valence-corrected chi connectivity index (χ4v) is 1.94. The minimum Gasteiger partial charge on any atom is -0.374 e. The van der Waals surface area contributed by atoms with Gasteiger partial charge in [-0.25, -0.2) is 0 Å². The maximum atomic E-state index is 5.70. The Morgan fingerprint density at radius 2 is 2.47 bits per heavy atom. The lowest BCUT2D eigenvalue weighted by Crippen LogP contribution is -2.41. The van der Waals surface area contributed by atoms with Gasteiger partial charge in [0.1, 0.15) is 0 Å². The van der Waals surface area contributed by atoms with Crippen molar-refractivity contribution in [2.45, 2.75) is 19.2 Å². The van der Waals surface area contributed by atoms with Gasteiger partial charge in [-0.2, -0.15) is 0 Å². The molecule has 0 saturated carbocycles. The third-order valence-electron chi connectivity index (χ3n) is 2.80. The van der Waals surface area contributed by atoms with Crippen molar-refractivity contribution in [2.75, 3.05) is 26.7 Å². The standard InChI is InChI=1S/C11H19N3O/c1-13-4-5-15-11(8-13)9-14-3-2-10(6-12)7-14/h2-3,7,11H,4-6,8-9,12H2,1H3. The summed E-state index contributed by atoms with van der Waals surface area (Å²) in [6.45, 7) is 4.42. The molecule has 0 bridgehead atoms. The second-order valence-electron chi connectivity index (χ2n) is 4.18. The van der Waals surface area contributed by atoms with Crippen LogP contribution in [0.25, 0.3) is 0 Å². The highest BCUT2D eigenvalue weighted by molar-refractivity contribution is 5.09. The number of ether oxygens (including phenoxy) is 1. The summed E-state index contributed by atoms with van der Waals surface area (Å²) in [7, 11) is 2.14. The first-order valence-corrected chi connectivity index (χ1v) is 5.43. The van der Waals surface area contributed by atoms with Crippen LogP contribution >= 0.6 is 0 Å². The topological polar surface area (TPSA) is 43.4 Å². The molecule has 1 atom stereocenters. The summed E-state index contributed by atoms with van der Waals surface area (Å²) >= 11 is 0. The average molecular weight is 209 g/mol. The molecule has 0 aromatic carbocycles. The Hall–Kier alpha value is -0.840. The van der Waals surface area contributed by atoms with E-state index in [-0.39, 0.29) is 0 Å². The summed E-state index contributed by atoms with van der Waals surface area (Å²) in [5.74, 6) is 0. The summed E-state index contributed by atoms with van der Waals surface area (Å²) in [6, 6.07) is 2.06. The summed E-state index contributed by atoms with van der Waals surface area (Å²) < 4.78 is 7.86. The van der Waals surface area contributed by atoms with Gasteiger partial charge in [-0.1, -0.05) is 0 Å². The van der Waals surface area contributed by atoms with Crippen molar-refractivity contribution in [3.63, 3.8) is 0 Å². The van der Waals surface area contributed by atoms with Gasteiger partial charge in [0.15, 0.2) is 0 Å². The minimum atomic E-state index is 0.307. The molecule has 0 aliphatic carbocycles. The first kappa shape index (κ1) is 10.7. The highest BCUT2D eigenvalue weighted by atomic mass is 16.5. The fourth-order valence-electron chi connectivity index (χ4n) is 1.94. The zero-order valence-electron chi connectivity index (χ0n) is 9.22. The Balaban J connectivity index is 1.90. The van der Waals surface area contributed by atoms with Crippen LogP contribution in [0.3, 0.4) is 0 Å². The predicted molar refractivity (Wildman–Crippen MR) is 59.6 cm³/mol. The molecule has 15 heavy (non-hydrogen) atoms. The third-order valence-corrected chi connectivity index (χ3v) is 2.80. The van der Waals surface area contributed by atoms with Crippen molar-refractivity contribution in [2.24, 2.45) is 5.73 Å². The molecule has 4 nitrogen and oxygen atoms in total.